The van der Waals surface area contributed by atoms with Crippen LogP contribution in [0.15, 0.2) is 35.4 Å². The van der Waals surface area contributed by atoms with Crippen LogP contribution in [0, 0.1) is 12.7 Å². The number of nitrogens with zero attached hydrogens (tertiary/aromatic N) is 6. The molecule has 1 saturated heterocycles. The molecule has 170 valence electrons. The summed E-state index contributed by atoms with van der Waals surface area (Å²) >= 11 is 5.96. The van der Waals surface area contributed by atoms with Crippen LogP contribution in [0.4, 0.5) is 4.39 Å². The van der Waals surface area contributed by atoms with E-state index in [0.717, 1.165) is 5.56 Å². The molecule has 33 heavy (non-hydrogen) atoms. The van der Waals surface area contributed by atoms with Crippen molar-refractivity contribution in [3.8, 4) is 11.3 Å². The maximum absolute atomic E-state index is 14.9. The van der Waals surface area contributed by atoms with Gasteiger partial charge >= 0.3 is 0 Å². The smallest absolute Gasteiger partial charge is 0.279 e. The summed E-state index contributed by atoms with van der Waals surface area (Å²) in [5.41, 5.74) is 1.63. The van der Waals surface area contributed by atoms with Crippen molar-refractivity contribution in [2.45, 2.75) is 31.8 Å². The molecule has 1 aliphatic rings. The lowest BCUT2D eigenvalue weighted by atomic mass is 9.92. The van der Waals surface area contributed by atoms with Crippen molar-refractivity contribution in [2.24, 2.45) is 14.1 Å². The topological polar surface area (TPSA) is 87.7 Å². The maximum Gasteiger partial charge on any atom is 0.279 e. The van der Waals surface area contributed by atoms with E-state index in [9.17, 15) is 9.18 Å². The second-order valence-electron chi connectivity index (χ2n) is 8.30. The van der Waals surface area contributed by atoms with Crippen LogP contribution in [0.5, 0.6) is 0 Å². The molecule has 8 nitrogen and oxygen atoms in total. The summed E-state index contributed by atoms with van der Waals surface area (Å²) in [7, 11) is 3.50. The van der Waals surface area contributed by atoms with Gasteiger partial charge in [-0.1, -0.05) is 11.6 Å². The Morgan fingerprint density at radius 3 is 2.73 bits per heavy atom. The quantitative estimate of drug-likeness (QED) is 0.453. The van der Waals surface area contributed by atoms with Gasteiger partial charge in [0.05, 0.1) is 12.3 Å². The molecule has 0 aliphatic carbocycles. The van der Waals surface area contributed by atoms with Gasteiger partial charge in [0.2, 0.25) is 0 Å². The van der Waals surface area contributed by atoms with E-state index < -0.39 is 5.82 Å². The van der Waals surface area contributed by atoms with Crippen molar-refractivity contribution >= 4 is 22.6 Å². The van der Waals surface area contributed by atoms with Gasteiger partial charge in [-0.05, 0) is 38.0 Å². The highest BCUT2D eigenvalue weighted by atomic mass is 35.5. The molecule has 0 N–H and O–H groups in total. The molecule has 1 fully saturated rings. The van der Waals surface area contributed by atoms with Crippen molar-refractivity contribution in [1.82, 2.24) is 29.3 Å². The molecular formula is C23H22ClFN6O2. The molecule has 5 rings (SSSR count). The summed E-state index contributed by atoms with van der Waals surface area (Å²) in [5, 5.41) is 4.51. The Kier molecular flexibility index (Phi) is 5.46. The van der Waals surface area contributed by atoms with E-state index in [0.29, 0.717) is 31.1 Å². The van der Waals surface area contributed by atoms with Gasteiger partial charge in [-0.15, -0.1) is 0 Å². The van der Waals surface area contributed by atoms with Crippen LogP contribution in [-0.2, 0) is 18.8 Å². The van der Waals surface area contributed by atoms with Crippen LogP contribution in [-0.4, -0.2) is 35.9 Å². The lowest BCUT2D eigenvalue weighted by Crippen LogP contribution is -2.25. The summed E-state index contributed by atoms with van der Waals surface area (Å²) in [6.07, 6.45) is 4.85. The second kappa shape index (κ2) is 8.31. The first-order valence-electron chi connectivity index (χ1n) is 10.6. The van der Waals surface area contributed by atoms with Crippen molar-refractivity contribution in [2.75, 3.05) is 6.61 Å². The van der Waals surface area contributed by atoms with Gasteiger partial charge in [0.25, 0.3) is 5.56 Å². The predicted molar refractivity (Wildman–Crippen MR) is 122 cm³/mol. The zero-order valence-corrected chi connectivity index (χ0v) is 19.2. The van der Waals surface area contributed by atoms with Crippen LogP contribution in [0.3, 0.4) is 0 Å². The van der Waals surface area contributed by atoms with Crippen LogP contribution in [0.2, 0.25) is 5.02 Å². The summed E-state index contributed by atoms with van der Waals surface area (Å²) in [6, 6.07) is 4.37. The molecule has 0 radical (unpaired) electrons. The fraction of sp³-hybridized carbons (Fsp3) is 0.348. The molecule has 2 atom stereocenters. The Hall–Kier alpha value is -3.17. The first-order valence-corrected chi connectivity index (χ1v) is 11.0. The lowest BCUT2D eigenvalue weighted by Gasteiger charge is -2.28. The van der Waals surface area contributed by atoms with Crippen LogP contribution in [0.25, 0.3) is 22.3 Å². The fourth-order valence-electron chi connectivity index (χ4n) is 4.19. The van der Waals surface area contributed by atoms with E-state index in [4.69, 9.17) is 21.3 Å². The van der Waals surface area contributed by atoms with Gasteiger partial charge in [-0.25, -0.2) is 19.3 Å². The Balaban J connectivity index is 1.67. The Bertz CT molecular complexity index is 1430. The summed E-state index contributed by atoms with van der Waals surface area (Å²) in [6.45, 7) is 2.23. The van der Waals surface area contributed by atoms with Crippen molar-refractivity contribution in [1.29, 1.82) is 0 Å². The monoisotopic (exact) mass is 468 g/mol. The minimum absolute atomic E-state index is 0.0755. The van der Waals surface area contributed by atoms with Crippen LogP contribution >= 0.6 is 11.6 Å². The highest BCUT2D eigenvalue weighted by Gasteiger charge is 2.29. The third-order valence-corrected chi connectivity index (χ3v) is 6.33. The van der Waals surface area contributed by atoms with Gasteiger partial charge < -0.3 is 4.74 Å². The molecular weight excluding hydrogens is 447 g/mol. The molecule has 4 heterocycles. The second-order valence-corrected chi connectivity index (χ2v) is 8.74. The zero-order chi connectivity index (χ0) is 23.3. The largest absolute Gasteiger partial charge is 0.373 e. The average molecular weight is 469 g/mol. The summed E-state index contributed by atoms with van der Waals surface area (Å²) < 4.78 is 24.0. The minimum atomic E-state index is -0.534. The number of ether oxygens (including phenoxy) is 1. The molecule has 0 saturated carbocycles. The Morgan fingerprint density at radius 2 is 2.00 bits per heavy atom. The molecule has 0 bridgehead atoms. The number of benzene rings is 1. The van der Waals surface area contributed by atoms with Crippen molar-refractivity contribution in [3.05, 3.63) is 69.0 Å². The van der Waals surface area contributed by atoms with Gasteiger partial charge in [0.15, 0.2) is 5.52 Å². The highest BCUT2D eigenvalue weighted by Crippen LogP contribution is 2.37. The molecule has 3 aromatic heterocycles. The van der Waals surface area contributed by atoms with E-state index in [1.165, 1.54) is 10.6 Å². The number of hydrogen-bond donors (Lipinski definition) is 0. The van der Waals surface area contributed by atoms with E-state index in [2.05, 4.69) is 15.1 Å². The van der Waals surface area contributed by atoms with Crippen molar-refractivity contribution < 1.29 is 9.13 Å². The number of rotatable bonds is 3. The normalized spacial score (nSPS) is 18.7. The van der Waals surface area contributed by atoms with Gasteiger partial charge in [-0.3, -0.25) is 14.0 Å². The SMILES string of the molecule is Cc1nc2c(-c3ccc(Cl)cc3F)nc([C@H]3CCO[C@H](c4cnn(C)c4)C3)nc2c(=O)n1C. The molecule has 4 aromatic rings. The minimum Gasteiger partial charge on any atom is -0.373 e. The van der Waals surface area contributed by atoms with Crippen molar-refractivity contribution in [3.63, 3.8) is 0 Å². The third kappa shape index (κ3) is 3.91. The molecule has 0 unspecified atom stereocenters. The Labute approximate surface area is 194 Å². The number of aromatic nitrogens is 6. The predicted octanol–water partition coefficient (Wildman–Crippen LogP) is 3.86. The molecule has 0 spiro atoms. The van der Waals surface area contributed by atoms with E-state index in [1.807, 2.05) is 13.2 Å². The summed E-state index contributed by atoms with van der Waals surface area (Å²) in [4.78, 5) is 27.0. The molecule has 10 heteroatoms. The number of hydrogen-bond acceptors (Lipinski definition) is 6. The maximum atomic E-state index is 14.9. The van der Waals surface area contributed by atoms with Gasteiger partial charge in [-0.2, -0.15) is 5.10 Å². The first kappa shape index (κ1) is 21.7. The van der Waals surface area contributed by atoms with E-state index in [-0.39, 0.29) is 44.9 Å². The van der Waals surface area contributed by atoms with Gasteiger partial charge in [0.1, 0.15) is 28.7 Å². The molecule has 0 amide bonds. The number of halogens is 2. The standard InChI is InChI=1S/C23H22ClFN6O2/c1-12-27-20-19(16-5-4-15(24)9-17(16)25)28-22(29-21(20)23(32)31(12)3)13-6-7-33-18(8-13)14-10-26-30(2)11-14/h4-5,9-11,13,18H,6-8H2,1-3H3/t13-,18-/m0/s1. The number of fused-ring (bicyclic) bond motifs is 1. The summed E-state index contributed by atoms with van der Waals surface area (Å²) in [5.74, 6) is 0.358. The van der Waals surface area contributed by atoms with Gasteiger partial charge in [0, 0.05) is 49.0 Å². The van der Waals surface area contributed by atoms with Crippen LogP contribution in [0.1, 0.15) is 42.1 Å². The fourth-order valence-corrected chi connectivity index (χ4v) is 4.35. The van der Waals surface area contributed by atoms with E-state index >= 15 is 0 Å². The highest BCUT2D eigenvalue weighted by molar-refractivity contribution is 6.30. The first-order chi connectivity index (χ1) is 15.8. The molecule has 1 aliphatic heterocycles. The average Bonchev–Trinajstić information content (AvgIpc) is 3.24. The Morgan fingerprint density at radius 1 is 1.18 bits per heavy atom. The number of aryl methyl sites for hydroxylation is 2. The van der Waals surface area contributed by atoms with E-state index in [1.54, 1.807) is 37.0 Å². The lowest BCUT2D eigenvalue weighted by molar-refractivity contribution is 0.00398. The zero-order valence-electron chi connectivity index (χ0n) is 18.4. The molecule has 1 aromatic carbocycles. The third-order valence-electron chi connectivity index (χ3n) is 6.10. The van der Waals surface area contributed by atoms with Crippen LogP contribution < -0.4 is 5.56 Å².